The summed E-state index contributed by atoms with van der Waals surface area (Å²) in [5.74, 6) is 1.17. The van der Waals surface area contributed by atoms with E-state index in [1.807, 2.05) is 19.1 Å². The Morgan fingerprint density at radius 1 is 1.17 bits per heavy atom. The van der Waals surface area contributed by atoms with Gasteiger partial charge in [0.05, 0.1) is 19.3 Å². The number of ether oxygens (including phenoxy) is 2. The quantitative estimate of drug-likeness (QED) is 0.801. The van der Waals surface area contributed by atoms with E-state index in [0.29, 0.717) is 35.2 Å². The molecule has 0 saturated carbocycles. The van der Waals surface area contributed by atoms with Crippen LogP contribution in [0.2, 0.25) is 5.02 Å². The molecule has 5 heteroatoms. The third-order valence-electron chi connectivity index (χ3n) is 3.41. The lowest BCUT2D eigenvalue weighted by molar-refractivity contribution is 0.0780. The highest BCUT2D eigenvalue weighted by atomic mass is 35.5. The van der Waals surface area contributed by atoms with E-state index in [9.17, 15) is 4.79 Å². The predicted molar refractivity (Wildman–Crippen MR) is 91.4 cm³/mol. The minimum absolute atomic E-state index is 0.115. The van der Waals surface area contributed by atoms with Crippen LogP contribution in [0.1, 0.15) is 22.8 Å². The number of rotatable bonds is 6. The number of nitrogens with zero attached hydrogens (tertiary/aromatic N) is 1. The van der Waals surface area contributed by atoms with E-state index >= 15 is 0 Å². The standard InChI is InChI=1S/C18H20ClNO3/c1-4-23-17-8-6-5-7-15(17)18(21)20(2)12-13-11-14(19)9-10-16(13)22-3/h5-11H,4,12H2,1-3H3. The highest BCUT2D eigenvalue weighted by Crippen LogP contribution is 2.25. The van der Waals surface area contributed by atoms with Gasteiger partial charge in [0, 0.05) is 24.2 Å². The first-order valence-corrected chi connectivity index (χ1v) is 7.74. The number of benzene rings is 2. The first kappa shape index (κ1) is 17.2. The number of para-hydroxylation sites is 1. The highest BCUT2D eigenvalue weighted by molar-refractivity contribution is 6.30. The van der Waals surface area contributed by atoms with E-state index in [1.165, 1.54) is 0 Å². The summed E-state index contributed by atoms with van der Waals surface area (Å²) in [4.78, 5) is 14.3. The lowest BCUT2D eigenvalue weighted by Crippen LogP contribution is -2.27. The molecule has 0 fully saturated rings. The van der Waals surface area contributed by atoms with Gasteiger partial charge in [-0.3, -0.25) is 4.79 Å². The molecule has 0 unspecified atom stereocenters. The zero-order chi connectivity index (χ0) is 16.8. The van der Waals surface area contributed by atoms with Crippen molar-refractivity contribution in [2.75, 3.05) is 20.8 Å². The lowest BCUT2D eigenvalue weighted by atomic mass is 10.1. The maximum atomic E-state index is 12.7. The number of methoxy groups -OCH3 is 1. The molecule has 0 heterocycles. The van der Waals surface area contributed by atoms with Crippen LogP contribution < -0.4 is 9.47 Å². The van der Waals surface area contributed by atoms with Gasteiger partial charge in [-0.05, 0) is 37.3 Å². The topological polar surface area (TPSA) is 38.8 Å². The second-order valence-electron chi connectivity index (χ2n) is 5.05. The summed E-state index contributed by atoms with van der Waals surface area (Å²) in [6.07, 6.45) is 0. The van der Waals surface area contributed by atoms with Crippen molar-refractivity contribution in [2.24, 2.45) is 0 Å². The minimum atomic E-state index is -0.115. The number of halogens is 1. The minimum Gasteiger partial charge on any atom is -0.496 e. The molecule has 2 rings (SSSR count). The molecule has 0 bridgehead atoms. The Kier molecular flexibility index (Phi) is 5.88. The largest absolute Gasteiger partial charge is 0.496 e. The molecule has 23 heavy (non-hydrogen) atoms. The van der Waals surface area contributed by atoms with Crippen molar-refractivity contribution in [1.82, 2.24) is 4.90 Å². The summed E-state index contributed by atoms with van der Waals surface area (Å²) in [6.45, 7) is 2.79. The molecule has 0 saturated heterocycles. The normalized spacial score (nSPS) is 10.3. The molecule has 0 spiro atoms. The van der Waals surface area contributed by atoms with Crippen LogP contribution in [0.3, 0.4) is 0 Å². The van der Waals surface area contributed by atoms with E-state index < -0.39 is 0 Å². The smallest absolute Gasteiger partial charge is 0.257 e. The fourth-order valence-corrected chi connectivity index (χ4v) is 2.52. The number of amides is 1. The number of hydrogen-bond donors (Lipinski definition) is 0. The molecule has 0 N–H and O–H groups in total. The Labute approximate surface area is 141 Å². The number of carbonyl (C=O) groups is 1. The monoisotopic (exact) mass is 333 g/mol. The molecule has 0 aromatic heterocycles. The van der Waals surface area contributed by atoms with Crippen molar-refractivity contribution in [3.8, 4) is 11.5 Å². The van der Waals surface area contributed by atoms with Crippen molar-refractivity contribution in [2.45, 2.75) is 13.5 Å². The first-order chi connectivity index (χ1) is 11.1. The Morgan fingerprint density at radius 2 is 1.91 bits per heavy atom. The molecule has 122 valence electrons. The van der Waals surface area contributed by atoms with Crippen molar-refractivity contribution in [3.63, 3.8) is 0 Å². The van der Waals surface area contributed by atoms with Crippen LogP contribution in [0.5, 0.6) is 11.5 Å². The van der Waals surface area contributed by atoms with E-state index in [1.54, 1.807) is 49.4 Å². The average Bonchev–Trinajstić information content (AvgIpc) is 2.55. The van der Waals surface area contributed by atoms with Crippen LogP contribution in [-0.4, -0.2) is 31.6 Å². The third kappa shape index (κ3) is 4.17. The van der Waals surface area contributed by atoms with Crippen molar-refractivity contribution < 1.29 is 14.3 Å². The van der Waals surface area contributed by atoms with Gasteiger partial charge >= 0.3 is 0 Å². The van der Waals surface area contributed by atoms with Crippen molar-refractivity contribution in [1.29, 1.82) is 0 Å². The molecular formula is C18H20ClNO3. The van der Waals surface area contributed by atoms with E-state index in [-0.39, 0.29) is 5.91 Å². The van der Waals surface area contributed by atoms with Crippen LogP contribution in [-0.2, 0) is 6.54 Å². The summed E-state index contributed by atoms with van der Waals surface area (Å²) >= 11 is 6.04. The van der Waals surface area contributed by atoms with Crippen LogP contribution in [0, 0.1) is 0 Å². The molecule has 0 aliphatic rings. The van der Waals surface area contributed by atoms with Gasteiger partial charge < -0.3 is 14.4 Å². The second-order valence-corrected chi connectivity index (χ2v) is 5.48. The van der Waals surface area contributed by atoms with Gasteiger partial charge in [-0.2, -0.15) is 0 Å². The van der Waals surface area contributed by atoms with Crippen LogP contribution >= 0.6 is 11.6 Å². The Balaban J connectivity index is 2.23. The lowest BCUT2D eigenvalue weighted by Gasteiger charge is -2.20. The molecule has 4 nitrogen and oxygen atoms in total. The van der Waals surface area contributed by atoms with Gasteiger partial charge in [-0.15, -0.1) is 0 Å². The van der Waals surface area contributed by atoms with Crippen LogP contribution in [0.25, 0.3) is 0 Å². The Morgan fingerprint density at radius 3 is 2.61 bits per heavy atom. The SMILES string of the molecule is CCOc1ccccc1C(=O)N(C)Cc1cc(Cl)ccc1OC. The summed E-state index contributed by atoms with van der Waals surface area (Å²) in [5.41, 5.74) is 1.39. The van der Waals surface area contributed by atoms with Gasteiger partial charge in [0.1, 0.15) is 11.5 Å². The Bertz CT molecular complexity index is 688. The van der Waals surface area contributed by atoms with Gasteiger partial charge in [0.15, 0.2) is 0 Å². The molecule has 0 aliphatic carbocycles. The van der Waals surface area contributed by atoms with Gasteiger partial charge in [-0.1, -0.05) is 23.7 Å². The van der Waals surface area contributed by atoms with Crippen molar-refractivity contribution in [3.05, 3.63) is 58.6 Å². The molecule has 1 amide bonds. The summed E-state index contributed by atoms with van der Waals surface area (Å²) in [5, 5.41) is 0.608. The predicted octanol–water partition coefficient (Wildman–Crippen LogP) is 4.02. The van der Waals surface area contributed by atoms with Crippen LogP contribution in [0.4, 0.5) is 0 Å². The fourth-order valence-electron chi connectivity index (χ4n) is 2.33. The third-order valence-corrected chi connectivity index (χ3v) is 3.65. The molecule has 2 aromatic carbocycles. The van der Waals surface area contributed by atoms with Crippen molar-refractivity contribution >= 4 is 17.5 Å². The van der Waals surface area contributed by atoms with Gasteiger partial charge in [0.2, 0.25) is 0 Å². The van der Waals surface area contributed by atoms with E-state index in [0.717, 1.165) is 5.56 Å². The Hall–Kier alpha value is -2.20. The maximum absolute atomic E-state index is 12.7. The van der Waals surface area contributed by atoms with E-state index in [2.05, 4.69) is 0 Å². The molecular weight excluding hydrogens is 314 g/mol. The first-order valence-electron chi connectivity index (χ1n) is 7.36. The second kappa shape index (κ2) is 7.88. The maximum Gasteiger partial charge on any atom is 0.257 e. The zero-order valence-electron chi connectivity index (χ0n) is 13.5. The summed E-state index contributed by atoms with van der Waals surface area (Å²) in [6, 6.07) is 12.6. The molecule has 2 aromatic rings. The van der Waals surface area contributed by atoms with E-state index in [4.69, 9.17) is 21.1 Å². The molecule has 0 radical (unpaired) electrons. The summed E-state index contributed by atoms with van der Waals surface area (Å²) in [7, 11) is 3.34. The number of carbonyl (C=O) groups excluding carboxylic acids is 1. The van der Waals surface area contributed by atoms with Crippen LogP contribution in [0.15, 0.2) is 42.5 Å². The zero-order valence-corrected chi connectivity index (χ0v) is 14.3. The highest BCUT2D eigenvalue weighted by Gasteiger charge is 2.18. The number of hydrogen-bond acceptors (Lipinski definition) is 3. The van der Waals surface area contributed by atoms with Gasteiger partial charge in [-0.25, -0.2) is 0 Å². The fraction of sp³-hybridized carbons (Fsp3) is 0.278. The molecule has 0 atom stereocenters. The summed E-state index contributed by atoms with van der Waals surface area (Å²) < 4.78 is 10.9. The average molecular weight is 334 g/mol. The van der Waals surface area contributed by atoms with Gasteiger partial charge in [0.25, 0.3) is 5.91 Å². The molecule has 0 aliphatic heterocycles.